The van der Waals surface area contributed by atoms with Crippen LogP contribution in [0.15, 0.2) is 42.5 Å². The van der Waals surface area contributed by atoms with Gasteiger partial charge in [-0.1, -0.05) is 30.3 Å². The quantitative estimate of drug-likeness (QED) is 0.562. The van der Waals surface area contributed by atoms with Crippen molar-refractivity contribution in [2.45, 2.75) is 6.42 Å². The number of nitrogen functional groups attached to an aromatic ring is 1. The number of nitrogens with two attached hydrogens (primary N) is 1. The van der Waals surface area contributed by atoms with Gasteiger partial charge in [0.05, 0.1) is 5.69 Å². The van der Waals surface area contributed by atoms with Crippen LogP contribution in [-0.4, -0.2) is 0 Å². The minimum Gasteiger partial charge on any atom is -0.455 e. The third-order valence-electron chi connectivity index (χ3n) is 2.69. The monoisotopic (exact) mass is 197 g/mol. The first-order valence-electron chi connectivity index (χ1n) is 4.98. The maximum Gasteiger partial charge on any atom is 0.153 e. The second-order valence-corrected chi connectivity index (χ2v) is 3.72. The molecule has 2 aromatic carbocycles. The fourth-order valence-corrected chi connectivity index (χ4v) is 1.93. The standard InChI is InChI=1S/C13H11NO/c14-11-6-3-5-10-8-9-4-1-2-7-12(9)15-13(10)11/h1-7H,8,14H2. The highest BCUT2D eigenvalue weighted by Crippen LogP contribution is 2.39. The van der Waals surface area contributed by atoms with Gasteiger partial charge in [0.1, 0.15) is 5.75 Å². The van der Waals surface area contributed by atoms with E-state index in [0.717, 1.165) is 23.5 Å². The zero-order chi connectivity index (χ0) is 10.3. The molecule has 0 bridgehead atoms. The summed E-state index contributed by atoms with van der Waals surface area (Å²) in [7, 11) is 0. The number of hydrogen-bond acceptors (Lipinski definition) is 2. The first kappa shape index (κ1) is 8.36. The van der Waals surface area contributed by atoms with E-state index >= 15 is 0 Å². The van der Waals surface area contributed by atoms with Crippen LogP contribution in [0.25, 0.3) is 0 Å². The Labute approximate surface area is 88.3 Å². The van der Waals surface area contributed by atoms with E-state index < -0.39 is 0 Å². The average Bonchev–Trinajstić information content (AvgIpc) is 2.27. The summed E-state index contributed by atoms with van der Waals surface area (Å²) < 4.78 is 5.78. The van der Waals surface area contributed by atoms with Crippen LogP contribution < -0.4 is 10.5 Å². The lowest BCUT2D eigenvalue weighted by molar-refractivity contribution is 0.462. The first-order valence-corrected chi connectivity index (χ1v) is 4.98. The van der Waals surface area contributed by atoms with Gasteiger partial charge in [-0.25, -0.2) is 0 Å². The molecule has 0 spiro atoms. The molecule has 1 heterocycles. The molecule has 74 valence electrons. The first-order chi connectivity index (χ1) is 7.34. The van der Waals surface area contributed by atoms with Gasteiger partial charge in [-0.3, -0.25) is 0 Å². The van der Waals surface area contributed by atoms with Gasteiger partial charge in [0.15, 0.2) is 5.75 Å². The average molecular weight is 197 g/mol. The molecule has 0 saturated carbocycles. The highest BCUT2D eigenvalue weighted by Gasteiger charge is 2.17. The molecule has 1 aliphatic rings. The van der Waals surface area contributed by atoms with E-state index in [-0.39, 0.29) is 0 Å². The molecule has 0 saturated heterocycles. The van der Waals surface area contributed by atoms with Crippen molar-refractivity contribution in [1.29, 1.82) is 0 Å². The number of fused-ring (bicyclic) bond motifs is 2. The Morgan fingerprint density at radius 2 is 1.73 bits per heavy atom. The largest absolute Gasteiger partial charge is 0.455 e. The molecule has 2 N–H and O–H groups in total. The van der Waals surface area contributed by atoms with Crippen LogP contribution in [0, 0.1) is 0 Å². The van der Waals surface area contributed by atoms with E-state index in [2.05, 4.69) is 12.1 Å². The molecule has 0 aromatic heterocycles. The molecular weight excluding hydrogens is 186 g/mol. The molecule has 1 aliphatic heterocycles. The zero-order valence-electron chi connectivity index (χ0n) is 8.23. The molecule has 0 unspecified atom stereocenters. The Kier molecular flexibility index (Phi) is 1.68. The van der Waals surface area contributed by atoms with Crippen molar-refractivity contribution in [3.63, 3.8) is 0 Å². The van der Waals surface area contributed by atoms with Crippen molar-refractivity contribution in [1.82, 2.24) is 0 Å². The Morgan fingerprint density at radius 3 is 2.67 bits per heavy atom. The third kappa shape index (κ3) is 1.26. The Balaban J connectivity index is 2.15. The second-order valence-electron chi connectivity index (χ2n) is 3.72. The van der Waals surface area contributed by atoms with Crippen LogP contribution in [-0.2, 0) is 6.42 Å². The minimum atomic E-state index is 0.710. The molecule has 0 radical (unpaired) electrons. The maximum atomic E-state index is 5.87. The van der Waals surface area contributed by atoms with Gasteiger partial charge < -0.3 is 10.5 Å². The van der Waals surface area contributed by atoms with Gasteiger partial charge in [0, 0.05) is 12.0 Å². The second kappa shape index (κ2) is 3.02. The van der Waals surface area contributed by atoms with Gasteiger partial charge in [0.25, 0.3) is 0 Å². The van der Waals surface area contributed by atoms with Gasteiger partial charge >= 0.3 is 0 Å². The molecule has 2 heteroatoms. The van der Waals surface area contributed by atoms with E-state index in [1.807, 2.05) is 30.3 Å². The number of ether oxygens (including phenoxy) is 1. The summed E-state index contributed by atoms with van der Waals surface area (Å²) in [6, 6.07) is 14.0. The van der Waals surface area contributed by atoms with Crippen molar-refractivity contribution < 1.29 is 4.74 Å². The fraction of sp³-hybridized carbons (Fsp3) is 0.0769. The van der Waals surface area contributed by atoms with Crippen LogP contribution >= 0.6 is 0 Å². The van der Waals surface area contributed by atoms with Crippen LogP contribution in [0.3, 0.4) is 0 Å². The van der Waals surface area contributed by atoms with Crippen molar-refractivity contribution in [2.24, 2.45) is 0 Å². The van der Waals surface area contributed by atoms with Crippen molar-refractivity contribution in [3.05, 3.63) is 53.6 Å². The number of hydrogen-bond donors (Lipinski definition) is 1. The molecule has 0 aliphatic carbocycles. The van der Waals surface area contributed by atoms with Gasteiger partial charge in [-0.05, 0) is 17.7 Å². The van der Waals surface area contributed by atoms with Crippen LogP contribution in [0.2, 0.25) is 0 Å². The van der Waals surface area contributed by atoms with Crippen molar-refractivity contribution >= 4 is 5.69 Å². The molecule has 3 rings (SSSR count). The van der Waals surface area contributed by atoms with E-state index in [1.54, 1.807) is 0 Å². The molecule has 2 aromatic rings. The lowest BCUT2D eigenvalue weighted by atomic mass is 10.00. The smallest absolute Gasteiger partial charge is 0.153 e. The van der Waals surface area contributed by atoms with Gasteiger partial charge in [-0.2, -0.15) is 0 Å². The van der Waals surface area contributed by atoms with E-state index in [9.17, 15) is 0 Å². The summed E-state index contributed by atoms with van der Waals surface area (Å²) >= 11 is 0. The SMILES string of the molecule is Nc1cccc2c1Oc1ccccc1C2. The predicted molar refractivity (Wildman–Crippen MR) is 60.2 cm³/mol. The molecule has 15 heavy (non-hydrogen) atoms. The number of anilines is 1. The highest BCUT2D eigenvalue weighted by molar-refractivity contribution is 5.62. The van der Waals surface area contributed by atoms with E-state index in [4.69, 9.17) is 10.5 Å². The topological polar surface area (TPSA) is 35.2 Å². The lowest BCUT2D eigenvalue weighted by Crippen LogP contribution is -2.04. The summed E-state index contributed by atoms with van der Waals surface area (Å²) in [5, 5.41) is 0. The molecule has 2 nitrogen and oxygen atoms in total. The minimum absolute atomic E-state index is 0.710. The Hall–Kier alpha value is -1.96. The summed E-state index contributed by atoms with van der Waals surface area (Å²) in [4.78, 5) is 0. The number of para-hydroxylation sites is 2. The van der Waals surface area contributed by atoms with Crippen molar-refractivity contribution in [2.75, 3.05) is 5.73 Å². The van der Waals surface area contributed by atoms with E-state index in [1.165, 1.54) is 5.56 Å². The van der Waals surface area contributed by atoms with E-state index in [0.29, 0.717) is 5.69 Å². The molecule has 0 amide bonds. The maximum absolute atomic E-state index is 5.87. The lowest BCUT2D eigenvalue weighted by Gasteiger charge is -2.21. The van der Waals surface area contributed by atoms with Crippen LogP contribution in [0.1, 0.15) is 11.1 Å². The molecular formula is C13H11NO. The summed E-state index contributed by atoms with van der Waals surface area (Å²) in [5.41, 5.74) is 8.96. The van der Waals surface area contributed by atoms with Crippen molar-refractivity contribution in [3.8, 4) is 11.5 Å². The zero-order valence-corrected chi connectivity index (χ0v) is 8.23. The molecule has 0 fully saturated rings. The molecule has 0 atom stereocenters. The number of benzene rings is 2. The Bertz CT molecular complexity index is 520. The Morgan fingerprint density at radius 1 is 0.933 bits per heavy atom. The summed E-state index contributed by atoms with van der Waals surface area (Å²) in [5.74, 6) is 1.74. The van der Waals surface area contributed by atoms with Gasteiger partial charge in [0.2, 0.25) is 0 Å². The predicted octanol–water partition coefficient (Wildman–Crippen LogP) is 2.97. The fourth-order valence-electron chi connectivity index (χ4n) is 1.93. The third-order valence-corrected chi connectivity index (χ3v) is 2.69. The summed E-state index contributed by atoms with van der Waals surface area (Å²) in [6.45, 7) is 0. The van der Waals surface area contributed by atoms with Crippen LogP contribution in [0.5, 0.6) is 11.5 Å². The van der Waals surface area contributed by atoms with Gasteiger partial charge in [-0.15, -0.1) is 0 Å². The highest BCUT2D eigenvalue weighted by atomic mass is 16.5. The summed E-state index contributed by atoms with van der Waals surface area (Å²) in [6.07, 6.45) is 0.899. The number of rotatable bonds is 0. The van der Waals surface area contributed by atoms with Crippen LogP contribution in [0.4, 0.5) is 5.69 Å². The normalized spacial score (nSPS) is 12.5.